The van der Waals surface area contributed by atoms with Gasteiger partial charge in [0, 0.05) is 24.7 Å². The van der Waals surface area contributed by atoms with Crippen LogP contribution in [0.25, 0.3) is 10.7 Å². The molecule has 19 heavy (non-hydrogen) atoms. The average Bonchev–Trinajstić information content (AvgIpc) is 2.76. The van der Waals surface area contributed by atoms with E-state index >= 15 is 0 Å². The van der Waals surface area contributed by atoms with Crippen molar-refractivity contribution >= 4 is 11.3 Å². The van der Waals surface area contributed by atoms with Crippen molar-refractivity contribution in [1.29, 1.82) is 0 Å². The number of hydrogen-bond acceptors (Lipinski definition) is 5. The number of hydrogen-bond donors (Lipinski definition) is 1. The number of pyridine rings is 1. The van der Waals surface area contributed by atoms with Crippen LogP contribution in [-0.2, 0) is 6.54 Å². The zero-order valence-corrected chi connectivity index (χ0v) is 12.3. The van der Waals surface area contributed by atoms with Gasteiger partial charge in [-0.2, -0.15) is 0 Å². The van der Waals surface area contributed by atoms with Crippen molar-refractivity contribution in [3.05, 3.63) is 35.5 Å². The van der Waals surface area contributed by atoms with Crippen molar-refractivity contribution in [1.82, 2.24) is 14.9 Å². The van der Waals surface area contributed by atoms with Crippen molar-refractivity contribution in [3.63, 3.8) is 0 Å². The zero-order chi connectivity index (χ0) is 13.9. The van der Waals surface area contributed by atoms with E-state index in [1.165, 1.54) is 0 Å². The third-order valence-electron chi connectivity index (χ3n) is 2.52. The number of likely N-dealkylation sites (N-methyl/N-ethyl adjacent to an activating group) is 1. The van der Waals surface area contributed by atoms with Crippen LogP contribution in [0.5, 0.6) is 0 Å². The lowest BCUT2D eigenvalue weighted by Gasteiger charge is -2.24. The van der Waals surface area contributed by atoms with Crippen LogP contribution in [0.4, 0.5) is 0 Å². The zero-order valence-electron chi connectivity index (χ0n) is 11.5. The van der Waals surface area contributed by atoms with Crippen molar-refractivity contribution in [2.24, 2.45) is 0 Å². The minimum absolute atomic E-state index is 0.615. The molecule has 5 heteroatoms. The van der Waals surface area contributed by atoms with E-state index in [2.05, 4.69) is 14.9 Å². The smallest absolute Gasteiger partial charge is 0.142 e. The summed E-state index contributed by atoms with van der Waals surface area (Å²) in [5.74, 6) is 0. The maximum Gasteiger partial charge on any atom is 0.142 e. The molecule has 0 amide bonds. The predicted octanol–water partition coefficient (Wildman–Crippen LogP) is 2.41. The van der Waals surface area contributed by atoms with E-state index in [9.17, 15) is 5.11 Å². The number of aromatic nitrogens is 2. The summed E-state index contributed by atoms with van der Waals surface area (Å²) in [5, 5.41) is 12.8. The Morgan fingerprint density at radius 2 is 2.16 bits per heavy atom. The van der Waals surface area contributed by atoms with E-state index in [-0.39, 0.29) is 0 Å². The fraction of sp³-hybridized carbons (Fsp3) is 0.429. The van der Waals surface area contributed by atoms with E-state index in [0.29, 0.717) is 6.54 Å². The van der Waals surface area contributed by atoms with E-state index in [1.54, 1.807) is 17.5 Å². The Morgan fingerprint density at radius 3 is 2.79 bits per heavy atom. The largest absolute Gasteiger partial charge is 0.389 e. The van der Waals surface area contributed by atoms with Crippen LogP contribution < -0.4 is 0 Å². The highest BCUT2D eigenvalue weighted by atomic mass is 32.1. The molecule has 0 aliphatic rings. The third kappa shape index (κ3) is 4.38. The number of thiazole rings is 1. The molecule has 0 aliphatic heterocycles. The third-order valence-corrected chi connectivity index (χ3v) is 3.44. The lowest BCUT2D eigenvalue weighted by Crippen LogP contribution is -2.35. The Hall–Kier alpha value is -1.30. The normalized spacial score (nSPS) is 12.1. The molecule has 2 aromatic heterocycles. The molecule has 0 aliphatic carbocycles. The molecule has 4 nitrogen and oxygen atoms in total. The fourth-order valence-electron chi connectivity index (χ4n) is 1.98. The van der Waals surface area contributed by atoms with Gasteiger partial charge < -0.3 is 5.11 Å². The molecule has 0 bridgehead atoms. The van der Waals surface area contributed by atoms with E-state index < -0.39 is 5.60 Å². The first-order valence-corrected chi connectivity index (χ1v) is 7.09. The minimum atomic E-state index is -0.686. The summed E-state index contributed by atoms with van der Waals surface area (Å²) in [5.41, 5.74) is 1.23. The Balaban J connectivity index is 2.02. The molecule has 2 heterocycles. The van der Waals surface area contributed by atoms with Crippen molar-refractivity contribution in [3.8, 4) is 10.7 Å². The van der Waals surface area contributed by atoms with Crippen LogP contribution in [-0.4, -0.2) is 39.2 Å². The molecular weight excluding hydrogens is 258 g/mol. The van der Waals surface area contributed by atoms with Crippen LogP contribution >= 0.6 is 11.3 Å². The average molecular weight is 277 g/mol. The summed E-state index contributed by atoms with van der Waals surface area (Å²) >= 11 is 1.60. The SMILES string of the molecule is CN(Cc1csc(-c2ccccn2)n1)CC(C)(C)O. The molecule has 0 atom stereocenters. The molecule has 2 rings (SSSR count). The molecule has 0 saturated carbocycles. The molecule has 2 aromatic rings. The Labute approximate surface area is 117 Å². The van der Waals surface area contributed by atoms with Gasteiger partial charge in [-0.15, -0.1) is 11.3 Å². The highest BCUT2D eigenvalue weighted by molar-refractivity contribution is 7.13. The van der Waals surface area contributed by atoms with Crippen LogP contribution in [0.3, 0.4) is 0 Å². The Kier molecular flexibility index (Phi) is 4.29. The van der Waals surface area contributed by atoms with E-state index in [0.717, 1.165) is 22.9 Å². The quantitative estimate of drug-likeness (QED) is 0.912. The molecule has 0 aromatic carbocycles. The first-order valence-electron chi connectivity index (χ1n) is 6.21. The van der Waals surface area contributed by atoms with Gasteiger partial charge in [-0.25, -0.2) is 4.98 Å². The number of nitrogens with zero attached hydrogens (tertiary/aromatic N) is 3. The predicted molar refractivity (Wildman–Crippen MR) is 78.0 cm³/mol. The summed E-state index contributed by atoms with van der Waals surface area (Å²) in [6, 6.07) is 5.82. The minimum Gasteiger partial charge on any atom is -0.389 e. The van der Waals surface area contributed by atoms with Crippen molar-refractivity contribution in [2.75, 3.05) is 13.6 Å². The summed E-state index contributed by atoms with van der Waals surface area (Å²) in [6.45, 7) is 4.96. The van der Waals surface area contributed by atoms with Crippen molar-refractivity contribution in [2.45, 2.75) is 26.0 Å². The maximum atomic E-state index is 9.78. The van der Waals surface area contributed by atoms with E-state index in [4.69, 9.17) is 0 Å². The summed E-state index contributed by atoms with van der Waals surface area (Å²) in [7, 11) is 1.98. The molecule has 0 fully saturated rings. The maximum absolute atomic E-state index is 9.78. The van der Waals surface area contributed by atoms with Gasteiger partial charge in [0.25, 0.3) is 0 Å². The second kappa shape index (κ2) is 5.77. The number of aliphatic hydroxyl groups is 1. The van der Waals surface area contributed by atoms with Gasteiger partial charge in [-0.1, -0.05) is 6.07 Å². The Morgan fingerprint density at radius 1 is 1.37 bits per heavy atom. The number of rotatable bonds is 5. The van der Waals surface area contributed by atoms with Gasteiger partial charge in [-0.05, 0) is 33.0 Å². The van der Waals surface area contributed by atoms with Gasteiger partial charge in [0.2, 0.25) is 0 Å². The van der Waals surface area contributed by atoms with Crippen LogP contribution in [0, 0.1) is 0 Å². The van der Waals surface area contributed by atoms with Gasteiger partial charge in [0.1, 0.15) is 5.01 Å². The molecule has 102 valence electrons. The van der Waals surface area contributed by atoms with Gasteiger partial charge in [0.05, 0.1) is 17.0 Å². The molecule has 0 radical (unpaired) electrons. The van der Waals surface area contributed by atoms with Crippen LogP contribution in [0.15, 0.2) is 29.8 Å². The van der Waals surface area contributed by atoms with Crippen LogP contribution in [0.1, 0.15) is 19.5 Å². The van der Waals surface area contributed by atoms with Gasteiger partial charge in [-0.3, -0.25) is 9.88 Å². The topological polar surface area (TPSA) is 49.2 Å². The molecule has 1 N–H and O–H groups in total. The van der Waals surface area contributed by atoms with Crippen molar-refractivity contribution < 1.29 is 5.11 Å². The monoisotopic (exact) mass is 277 g/mol. The van der Waals surface area contributed by atoms with E-state index in [1.807, 2.05) is 44.5 Å². The second-order valence-corrected chi connectivity index (χ2v) is 6.20. The Bertz CT molecular complexity index is 519. The molecule has 0 unspecified atom stereocenters. The first kappa shape index (κ1) is 14.1. The highest BCUT2D eigenvalue weighted by Gasteiger charge is 2.16. The van der Waals surface area contributed by atoms with Gasteiger partial charge >= 0.3 is 0 Å². The highest BCUT2D eigenvalue weighted by Crippen LogP contribution is 2.22. The second-order valence-electron chi connectivity index (χ2n) is 5.34. The lowest BCUT2D eigenvalue weighted by molar-refractivity contribution is 0.0422. The fourth-order valence-corrected chi connectivity index (χ4v) is 2.77. The lowest BCUT2D eigenvalue weighted by atomic mass is 10.1. The van der Waals surface area contributed by atoms with Crippen LogP contribution in [0.2, 0.25) is 0 Å². The first-order chi connectivity index (χ1) is 8.94. The van der Waals surface area contributed by atoms with Gasteiger partial charge in [0.15, 0.2) is 0 Å². The molecule has 0 saturated heterocycles. The summed E-state index contributed by atoms with van der Waals surface area (Å²) < 4.78 is 0. The summed E-state index contributed by atoms with van der Waals surface area (Å²) in [6.07, 6.45) is 1.77. The molecular formula is C14H19N3OS. The standard InChI is InChI=1S/C14H19N3OS/c1-14(2,18)10-17(3)8-11-9-19-13(16-11)12-6-4-5-7-15-12/h4-7,9,18H,8,10H2,1-3H3. The summed E-state index contributed by atoms with van der Waals surface area (Å²) in [4.78, 5) is 10.9. The molecule has 0 spiro atoms.